The Morgan fingerprint density at radius 3 is 2.62 bits per heavy atom. The Morgan fingerprint density at radius 2 is 1.86 bits per heavy atom. The van der Waals surface area contributed by atoms with Gasteiger partial charge in [-0.25, -0.2) is 9.48 Å². The summed E-state index contributed by atoms with van der Waals surface area (Å²) in [4.78, 5) is 24.8. The van der Waals surface area contributed by atoms with Crippen molar-refractivity contribution in [1.82, 2.24) is 14.2 Å². The molecule has 0 aliphatic rings. The van der Waals surface area contributed by atoms with Gasteiger partial charge in [0.05, 0.1) is 7.11 Å². The van der Waals surface area contributed by atoms with Crippen LogP contribution >= 0.6 is 0 Å². The molecule has 0 bridgehead atoms. The van der Waals surface area contributed by atoms with Crippen molar-refractivity contribution >= 4 is 17.2 Å². The van der Waals surface area contributed by atoms with Crippen LogP contribution in [0.15, 0.2) is 77.7 Å². The lowest BCUT2D eigenvalue weighted by molar-refractivity contribution is -0.117. The number of hydrogen-bond acceptors (Lipinski definition) is 4. The number of anilines is 1. The number of nitrogens with zero attached hydrogens (tertiary/aromatic N) is 3. The minimum Gasteiger partial charge on any atom is -0.496 e. The van der Waals surface area contributed by atoms with E-state index < -0.39 is 0 Å². The number of fused-ring (bicyclic) bond motifs is 1. The van der Waals surface area contributed by atoms with Gasteiger partial charge in [-0.15, -0.1) is 5.10 Å². The lowest BCUT2D eigenvalue weighted by Gasteiger charge is -2.12. The van der Waals surface area contributed by atoms with Crippen LogP contribution in [-0.2, 0) is 17.8 Å². The molecule has 1 amide bonds. The quantitative estimate of drug-likeness (QED) is 0.551. The highest BCUT2D eigenvalue weighted by Crippen LogP contribution is 2.25. The van der Waals surface area contributed by atoms with Gasteiger partial charge in [0.15, 0.2) is 5.65 Å². The number of carbonyl (C=O) groups excluding carboxylic acids is 1. The van der Waals surface area contributed by atoms with E-state index in [0.29, 0.717) is 17.8 Å². The first-order chi connectivity index (χ1) is 14.1. The van der Waals surface area contributed by atoms with Gasteiger partial charge in [0.1, 0.15) is 12.3 Å². The normalized spacial score (nSPS) is 10.8. The molecule has 0 fully saturated rings. The number of amides is 1. The number of pyridine rings is 1. The summed E-state index contributed by atoms with van der Waals surface area (Å²) in [5.74, 6) is 0.426. The summed E-state index contributed by atoms with van der Waals surface area (Å²) in [6, 6.07) is 20.8. The highest BCUT2D eigenvalue weighted by Gasteiger charge is 2.12. The highest BCUT2D eigenvalue weighted by atomic mass is 16.5. The first-order valence-corrected chi connectivity index (χ1v) is 9.19. The van der Waals surface area contributed by atoms with Gasteiger partial charge in [0.25, 0.3) is 0 Å². The number of nitrogens with one attached hydrogen (secondary N) is 1. The average molecular weight is 388 g/mol. The van der Waals surface area contributed by atoms with E-state index in [4.69, 9.17) is 4.74 Å². The smallest absolute Gasteiger partial charge is 0.350 e. The fourth-order valence-corrected chi connectivity index (χ4v) is 3.22. The molecule has 4 rings (SSSR count). The van der Waals surface area contributed by atoms with E-state index in [1.165, 1.54) is 4.40 Å². The fraction of sp³-hybridized carbons (Fsp3) is 0.136. The SMILES string of the molecule is COc1ccc(NC(=O)Cn2nc3ccccn3c2=O)cc1Cc1ccccc1. The van der Waals surface area contributed by atoms with Gasteiger partial charge >= 0.3 is 5.69 Å². The van der Waals surface area contributed by atoms with Crippen molar-refractivity contribution in [1.29, 1.82) is 0 Å². The molecule has 7 heteroatoms. The van der Waals surface area contributed by atoms with E-state index in [1.54, 1.807) is 37.6 Å². The number of methoxy groups -OCH3 is 1. The predicted molar refractivity (Wildman–Crippen MR) is 110 cm³/mol. The van der Waals surface area contributed by atoms with Crippen LogP contribution in [0.4, 0.5) is 5.69 Å². The predicted octanol–water partition coefficient (Wildman–Crippen LogP) is 2.73. The summed E-state index contributed by atoms with van der Waals surface area (Å²) in [5.41, 5.74) is 2.89. The van der Waals surface area contributed by atoms with Crippen molar-refractivity contribution in [3.05, 3.63) is 94.5 Å². The van der Waals surface area contributed by atoms with E-state index in [1.807, 2.05) is 42.5 Å². The molecule has 0 radical (unpaired) electrons. The molecule has 0 aliphatic carbocycles. The zero-order valence-electron chi connectivity index (χ0n) is 15.9. The molecule has 1 N–H and O–H groups in total. The maximum atomic E-state index is 12.5. The Kier molecular flexibility index (Phi) is 5.11. The zero-order chi connectivity index (χ0) is 20.2. The minimum absolute atomic E-state index is 0.166. The molecule has 0 saturated heterocycles. The highest BCUT2D eigenvalue weighted by molar-refractivity contribution is 5.90. The van der Waals surface area contributed by atoms with Gasteiger partial charge in [-0.2, -0.15) is 0 Å². The van der Waals surface area contributed by atoms with Crippen LogP contribution in [0.5, 0.6) is 5.75 Å². The fourth-order valence-electron chi connectivity index (χ4n) is 3.22. The second-order valence-corrected chi connectivity index (χ2v) is 6.61. The lowest BCUT2D eigenvalue weighted by Crippen LogP contribution is -2.28. The third kappa shape index (κ3) is 4.03. The Morgan fingerprint density at radius 1 is 1.07 bits per heavy atom. The number of ether oxygens (including phenoxy) is 1. The molecule has 0 aliphatic heterocycles. The third-order valence-electron chi connectivity index (χ3n) is 4.58. The van der Waals surface area contributed by atoms with Gasteiger partial charge in [0, 0.05) is 23.9 Å². The Labute approximate surface area is 167 Å². The average Bonchev–Trinajstić information content (AvgIpc) is 3.04. The van der Waals surface area contributed by atoms with Crippen LogP contribution in [0.3, 0.4) is 0 Å². The molecule has 7 nitrogen and oxygen atoms in total. The first-order valence-electron chi connectivity index (χ1n) is 9.19. The molecule has 29 heavy (non-hydrogen) atoms. The van der Waals surface area contributed by atoms with Crippen molar-refractivity contribution in [2.24, 2.45) is 0 Å². The van der Waals surface area contributed by atoms with Gasteiger partial charge in [0.2, 0.25) is 5.91 Å². The van der Waals surface area contributed by atoms with Crippen molar-refractivity contribution < 1.29 is 9.53 Å². The van der Waals surface area contributed by atoms with Gasteiger partial charge < -0.3 is 10.1 Å². The van der Waals surface area contributed by atoms with Crippen LogP contribution < -0.4 is 15.7 Å². The van der Waals surface area contributed by atoms with E-state index in [9.17, 15) is 9.59 Å². The Bertz CT molecular complexity index is 1210. The van der Waals surface area contributed by atoms with Crippen molar-refractivity contribution in [2.45, 2.75) is 13.0 Å². The van der Waals surface area contributed by atoms with Crippen LogP contribution in [0.25, 0.3) is 5.65 Å². The third-order valence-corrected chi connectivity index (χ3v) is 4.58. The number of rotatable bonds is 6. The van der Waals surface area contributed by atoms with Crippen molar-refractivity contribution in [2.75, 3.05) is 12.4 Å². The topological polar surface area (TPSA) is 77.6 Å². The molecule has 2 heterocycles. The van der Waals surface area contributed by atoms with E-state index in [2.05, 4.69) is 10.4 Å². The second-order valence-electron chi connectivity index (χ2n) is 6.61. The maximum absolute atomic E-state index is 12.5. The van der Waals surface area contributed by atoms with Crippen molar-refractivity contribution in [3.63, 3.8) is 0 Å². The molecule has 0 spiro atoms. The molecule has 0 atom stereocenters. The Hall–Kier alpha value is -3.87. The summed E-state index contributed by atoms with van der Waals surface area (Å²) < 4.78 is 8.00. The summed E-state index contributed by atoms with van der Waals surface area (Å²) in [5, 5.41) is 7.02. The number of carbonyl (C=O) groups is 1. The molecule has 4 aromatic rings. The maximum Gasteiger partial charge on any atom is 0.350 e. The van der Waals surface area contributed by atoms with Crippen LogP contribution in [-0.4, -0.2) is 27.2 Å². The van der Waals surface area contributed by atoms with Crippen LogP contribution in [0.1, 0.15) is 11.1 Å². The molecule has 0 saturated carbocycles. The van der Waals surface area contributed by atoms with Gasteiger partial charge in [-0.3, -0.25) is 9.20 Å². The second kappa shape index (κ2) is 8.02. The molecule has 0 unspecified atom stereocenters. The number of benzene rings is 2. The molecular weight excluding hydrogens is 368 g/mol. The summed E-state index contributed by atoms with van der Waals surface area (Å²) in [6.07, 6.45) is 2.30. The number of aromatic nitrogens is 3. The zero-order valence-corrected chi connectivity index (χ0v) is 15.9. The first kappa shape index (κ1) is 18.5. The molecule has 2 aromatic heterocycles. The standard InChI is InChI=1S/C22H20N4O3/c1-29-19-11-10-18(14-17(19)13-16-7-3-2-4-8-16)23-21(27)15-26-22(28)25-12-6-5-9-20(25)24-26/h2-12,14H,13,15H2,1H3,(H,23,27). The van der Waals surface area contributed by atoms with E-state index in [0.717, 1.165) is 21.6 Å². The van der Waals surface area contributed by atoms with E-state index in [-0.39, 0.29) is 18.1 Å². The largest absolute Gasteiger partial charge is 0.496 e. The Balaban J connectivity index is 1.52. The lowest BCUT2D eigenvalue weighted by atomic mass is 10.0. The molecule has 2 aromatic carbocycles. The molecular formula is C22H20N4O3. The summed E-state index contributed by atoms with van der Waals surface area (Å²) in [6.45, 7) is -0.166. The minimum atomic E-state index is -0.352. The van der Waals surface area contributed by atoms with Crippen LogP contribution in [0, 0.1) is 0 Å². The van der Waals surface area contributed by atoms with Crippen LogP contribution in [0.2, 0.25) is 0 Å². The van der Waals surface area contributed by atoms with Gasteiger partial charge in [-0.1, -0.05) is 36.4 Å². The van der Waals surface area contributed by atoms with Crippen molar-refractivity contribution in [3.8, 4) is 5.75 Å². The monoisotopic (exact) mass is 388 g/mol. The molecule has 146 valence electrons. The van der Waals surface area contributed by atoms with Gasteiger partial charge in [-0.05, 0) is 35.9 Å². The van der Waals surface area contributed by atoms with E-state index >= 15 is 0 Å². The number of hydrogen-bond donors (Lipinski definition) is 1. The summed E-state index contributed by atoms with van der Waals surface area (Å²) >= 11 is 0. The summed E-state index contributed by atoms with van der Waals surface area (Å²) in [7, 11) is 1.62.